The van der Waals surface area contributed by atoms with Crippen LogP contribution in [0.3, 0.4) is 0 Å². The van der Waals surface area contributed by atoms with Gasteiger partial charge >= 0.3 is 0 Å². The van der Waals surface area contributed by atoms with Crippen molar-refractivity contribution in [3.8, 4) is 0 Å². The quantitative estimate of drug-likeness (QED) is 0.900. The lowest BCUT2D eigenvalue weighted by Crippen LogP contribution is -2.44. The second-order valence-electron chi connectivity index (χ2n) is 5.22. The average Bonchev–Trinajstić information content (AvgIpc) is 2.44. The highest BCUT2D eigenvalue weighted by Crippen LogP contribution is 2.32. The molecular weight excluding hydrogens is 279 g/mol. The Labute approximate surface area is 125 Å². The highest BCUT2D eigenvalue weighted by Gasteiger charge is 2.28. The summed E-state index contributed by atoms with van der Waals surface area (Å²) in [6, 6.07) is 6.76. The van der Waals surface area contributed by atoms with Gasteiger partial charge in [-0.1, -0.05) is 42.6 Å². The molecule has 0 aliphatic carbocycles. The number of hydrogen-bond donors (Lipinski definition) is 1. The molecule has 0 bridgehead atoms. The second-order valence-corrected chi connectivity index (χ2v) is 6.04. The van der Waals surface area contributed by atoms with Crippen LogP contribution in [0.2, 0.25) is 10.0 Å². The van der Waals surface area contributed by atoms with Crippen molar-refractivity contribution in [2.45, 2.75) is 44.7 Å². The summed E-state index contributed by atoms with van der Waals surface area (Å²) in [5, 5.41) is 1.22. The predicted octanol–water partition coefficient (Wildman–Crippen LogP) is 4.26. The van der Waals surface area contributed by atoms with E-state index in [9.17, 15) is 0 Å². The number of rotatable bonds is 4. The maximum absolute atomic E-state index is 6.13. The molecule has 0 amide bonds. The van der Waals surface area contributed by atoms with E-state index in [0.29, 0.717) is 22.6 Å². The molecule has 1 saturated heterocycles. The molecule has 1 fully saturated rings. The highest BCUT2D eigenvalue weighted by molar-refractivity contribution is 6.42. The molecule has 1 aliphatic rings. The summed E-state index contributed by atoms with van der Waals surface area (Å²) in [7, 11) is 0. The molecule has 106 valence electrons. The smallest absolute Gasteiger partial charge is 0.0595 e. The van der Waals surface area contributed by atoms with Crippen LogP contribution in [0.15, 0.2) is 18.2 Å². The van der Waals surface area contributed by atoms with Crippen molar-refractivity contribution < 1.29 is 0 Å². The van der Waals surface area contributed by atoms with Gasteiger partial charge in [-0.15, -0.1) is 0 Å². The van der Waals surface area contributed by atoms with Crippen LogP contribution < -0.4 is 5.73 Å². The number of hydrogen-bond acceptors (Lipinski definition) is 2. The van der Waals surface area contributed by atoms with Crippen molar-refractivity contribution in [2.24, 2.45) is 5.73 Å². The fraction of sp³-hybridized carbons (Fsp3) is 0.600. The largest absolute Gasteiger partial charge is 0.329 e. The van der Waals surface area contributed by atoms with E-state index in [1.807, 2.05) is 18.2 Å². The van der Waals surface area contributed by atoms with E-state index in [2.05, 4.69) is 11.8 Å². The summed E-state index contributed by atoms with van der Waals surface area (Å²) in [4.78, 5) is 2.54. The molecule has 2 rings (SSSR count). The van der Waals surface area contributed by atoms with Crippen molar-refractivity contribution in [1.29, 1.82) is 0 Å². The lowest BCUT2D eigenvalue weighted by atomic mass is 9.95. The molecule has 4 heteroatoms. The molecule has 1 aromatic rings. The Balaban J connectivity index is 2.24. The van der Waals surface area contributed by atoms with E-state index in [1.165, 1.54) is 31.2 Å². The molecule has 1 aliphatic heterocycles. The Morgan fingerprint density at radius 3 is 2.74 bits per heavy atom. The van der Waals surface area contributed by atoms with E-state index < -0.39 is 0 Å². The van der Waals surface area contributed by atoms with Gasteiger partial charge in [-0.3, -0.25) is 4.90 Å². The minimum Gasteiger partial charge on any atom is -0.329 e. The van der Waals surface area contributed by atoms with Crippen LogP contribution in [0.1, 0.15) is 44.2 Å². The van der Waals surface area contributed by atoms with Gasteiger partial charge in [-0.2, -0.15) is 0 Å². The first-order chi connectivity index (χ1) is 9.17. The van der Waals surface area contributed by atoms with Crippen LogP contribution in [0.25, 0.3) is 0 Å². The van der Waals surface area contributed by atoms with Crippen molar-refractivity contribution in [1.82, 2.24) is 4.90 Å². The molecule has 0 spiro atoms. The lowest BCUT2D eigenvalue weighted by Gasteiger charge is -2.41. The van der Waals surface area contributed by atoms with E-state index in [4.69, 9.17) is 28.9 Å². The van der Waals surface area contributed by atoms with Crippen molar-refractivity contribution in [3.05, 3.63) is 33.8 Å². The average molecular weight is 301 g/mol. The summed E-state index contributed by atoms with van der Waals surface area (Å²) in [5.41, 5.74) is 7.20. The van der Waals surface area contributed by atoms with E-state index in [0.717, 1.165) is 6.54 Å². The molecule has 19 heavy (non-hydrogen) atoms. The molecule has 1 aromatic carbocycles. The third kappa shape index (κ3) is 3.43. The molecule has 0 radical (unpaired) electrons. The molecular formula is C15H22Cl2N2. The van der Waals surface area contributed by atoms with Crippen LogP contribution >= 0.6 is 23.2 Å². The number of nitrogens with two attached hydrogens (primary N) is 1. The minimum absolute atomic E-state index is 0.250. The van der Waals surface area contributed by atoms with Crippen molar-refractivity contribution in [2.75, 3.05) is 13.1 Å². The van der Waals surface area contributed by atoms with Gasteiger partial charge in [0.25, 0.3) is 0 Å². The van der Waals surface area contributed by atoms with Crippen molar-refractivity contribution in [3.63, 3.8) is 0 Å². The van der Waals surface area contributed by atoms with Crippen molar-refractivity contribution >= 4 is 23.2 Å². The molecule has 0 aromatic heterocycles. The minimum atomic E-state index is 0.250. The summed E-state index contributed by atoms with van der Waals surface area (Å²) in [6.07, 6.45) is 5.04. The Morgan fingerprint density at radius 1 is 1.32 bits per heavy atom. The summed E-state index contributed by atoms with van der Waals surface area (Å²) < 4.78 is 0. The Morgan fingerprint density at radius 2 is 2.11 bits per heavy atom. The van der Waals surface area contributed by atoms with E-state index >= 15 is 0 Å². The fourth-order valence-corrected chi connectivity index (χ4v) is 3.36. The molecule has 2 N–H and O–H groups in total. The maximum atomic E-state index is 6.13. The van der Waals surface area contributed by atoms with Gasteiger partial charge in [0.2, 0.25) is 0 Å². The topological polar surface area (TPSA) is 29.3 Å². The van der Waals surface area contributed by atoms with Gasteiger partial charge in [0.05, 0.1) is 10.0 Å². The SMILES string of the molecule is CCC1CCCCN1C(CN)c1ccc(Cl)c(Cl)c1. The molecule has 0 saturated carbocycles. The Hall–Kier alpha value is -0.280. The normalized spacial score (nSPS) is 22.4. The number of piperidine rings is 1. The van der Waals surface area contributed by atoms with Gasteiger partial charge in [0, 0.05) is 18.6 Å². The Kier molecular flexibility index (Phi) is 5.52. The molecule has 2 atom stereocenters. The second kappa shape index (κ2) is 6.94. The van der Waals surface area contributed by atoms with Crippen LogP contribution in [-0.2, 0) is 0 Å². The first-order valence-electron chi connectivity index (χ1n) is 7.08. The molecule has 1 heterocycles. The molecule has 2 unspecified atom stereocenters. The number of likely N-dealkylation sites (tertiary alicyclic amines) is 1. The van der Waals surface area contributed by atoms with Gasteiger partial charge < -0.3 is 5.73 Å². The zero-order chi connectivity index (χ0) is 13.8. The van der Waals surface area contributed by atoms with E-state index in [-0.39, 0.29) is 6.04 Å². The van der Waals surface area contributed by atoms with Gasteiger partial charge in [-0.25, -0.2) is 0 Å². The summed E-state index contributed by atoms with van der Waals surface area (Å²) >= 11 is 12.1. The van der Waals surface area contributed by atoms with Gasteiger partial charge in [0.15, 0.2) is 0 Å². The zero-order valence-corrected chi connectivity index (χ0v) is 12.9. The van der Waals surface area contributed by atoms with E-state index in [1.54, 1.807) is 0 Å². The number of halogens is 2. The third-order valence-electron chi connectivity index (χ3n) is 4.10. The first-order valence-corrected chi connectivity index (χ1v) is 7.83. The monoisotopic (exact) mass is 300 g/mol. The first kappa shape index (κ1) is 15.1. The highest BCUT2D eigenvalue weighted by atomic mass is 35.5. The molecule has 2 nitrogen and oxygen atoms in total. The predicted molar refractivity (Wildman–Crippen MR) is 82.9 cm³/mol. The lowest BCUT2D eigenvalue weighted by molar-refractivity contribution is 0.0949. The maximum Gasteiger partial charge on any atom is 0.0595 e. The zero-order valence-electron chi connectivity index (χ0n) is 11.4. The standard InChI is InChI=1S/C15H22Cl2N2/c1-2-12-5-3-4-8-19(12)15(10-18)11-6-7-13(16)14(17)9-11/h6-7,9,12,15H,2-5,8,10,18H2,1H3. The van der Waals surface area contributed by atoms with Gasteiger partial charge in [-0.05, 0) is 43.5 Å². The van der Waals surface area contributed by atoms with Crippen LogP contribution in [-0.4, -0.2) is 24.0 Å². The number of benzene rings is 1. The van der Waals surface area contributed by atoms with Crippen LogP contribution in [0.4, 0.5) is 0 Å². The third-order valence-corrected chi connectivity index (χ3v) is 4.83. The van der Waals surface area contributed by atoms with Gasteiger partial charge in [0.1, 0.15) is 0 Å². The Bertz CT molecular complexity index is 423. The number of nitrogens with zero attached hydrogens (tertiary/aromatic N) is 1. The summed E-state index contributed by atoms with van der Waals surface area (Å²) in [5.74, 6) is 0. The van der Waals surface area contributed by atoms with Crippen LogP contribution in [0.5, 0.6) is 0 Å². The fourth-order valence-electron chi connectivity index (χ4n) is 3.05. The van der Waals surface area contributed by atoms with Crippen LogP contribution in [0, 0.1) is 0 Å². The summed E-state index contributed by atoms with van der Waals surface area (Å²) in [6.45, 7) is 4.00.